The van der Waals surface area contributed by atoms with Crippen LogP contribution in [0.15, 0.2) is 24.3 Å². The van der Waals surface area contributed by atoms with Gasteiger partial charge in [-0.3, -0.25) is 9.59 Å². The third-order valence-corrected chi connectivity index (χ3v) is 3.97. The van der Waals surface area contributed by atoms with E-state index in [1.807, 2.05) is 0 Å². The van der Waals surface area contributed by atoms with Gasteiger partial charge in [0.1, 0.15) is 5.75 Å². The molecule has 0 radical (unpaired) electrons. The Morgan fingerprint density at radius 3 is 2.42 bits per heavy atom. The SMILES string of the molecule is O=C(O)CC1CCN(C(=O)COc2ccccc2C(F)(F)F)CC1. The van der Waals surface area contributed by atoms with Crippen LogP contribution in [-0.4, -0.2) is 41.6 Å². The lowest BCUT2D eigenvalue weighted by Crippen LogP contribution is -2.41. The number of amides is 1. The highest BCUT2D eigenvalue weighted by atomic mass is 19.4. The van der Waals surface area contributed by atoms with Crippen LogP contribution in [0.2, 0.25) is 0 Å². The Morgan fingerprint density at radius 1 is 1.21 bits per heavy atom. The van der Waals surface area contributed by atoms with Crippen LogP contribution in [0.1, 0.15) is 24.8 Å². The number of nitrogens with zero attached hydrogens (tertiary/aromatic N) is 1. The van der Waals surface area contributed by atoms with E-state index in [0.29, 0.717) is 25.9 Å². The molecule has 1 aromatic rings. The first-order valence-corrected chi connectivity index (χ1v) is 7.56. The Kier molecular flexibility index (Phi) is 5.69. The molecule has 1 aliphatic heterocycles. The first-order valence-electron chi connectivity index (χ1n) is 7.56. The molecule has 0 bridgehead atoms. The normalized spacial score (nSPS) is 16.0. The van der Waals surface area contributed by atoms with Gasteiger partial charge in [-0.15, -0.1) is 0 Å². The fourth-order valence-corrected chi connectivity index (χ4v) is 2.69. The molecule has 2 rings (SSSR count). The van der Waals surface area contributed by atoms with Gasteiger partial charge in [0.2, 0.25) is 0 Å². The van der Waals surface area contributed by atoms with E-state index < -0.39 is 30.2 Å². The number of benzene rings is 1. The molecule has 0 unspecified atom stereocenters. The van der Waals surface area contributed by atoms with Gasteiger partial charge in [-0.1, -0.05) is 12.1 Å². The third-order valence-electron chi connectivity index (χ3n) is 3.97. The fraction of sp³-hybridized carbons (Fsp3) is 0.500. The average molecular weight is 345 g/mol. The van der Waals surface area contributed by atoms with E-state index in [9.17, 15) is 22.8 Å². The summed E-state index contributed by atoms with van der Waals surface area (Å²) in [5.74, 6) is -1.62. The van der Waals surface area contributed by atoms with Crippen molar-refractivity contribution in [1.29, 1.82) is 0 Å². The van der Waals surface area contributed by atoms with Gasteiger partial charge in [0, 0.05) is 19.5 Å². The second-order valence-corrected chi connectivity index (χ2v) is 5.70. The van der Waals surface area contributed by atoms with Crippen molar-refractivity contribution in [2.45, 2.75) is 25.4 Å². The molecule has 1 aliphatic rings. The van der Waals surface area contributed by atoms with Crippen LogP contribution < -0.4 is 4.74 Å². The number of halogens is 3. The van der Waals surface area contributed by atoms with Crippen LogP contribution in [0.25, 0.3) is 0 Å². The molecule has 132 valence electrons. The lowest BCUT2D eigenvalue weighted by atomic mass is 9.94. The second kappa shape index (κ2) is 7.55. The number of carboxylic acid groups (broad SMARTS) is 1. The molecule has 1 aromatic carbocycles. The zero-order valence-corrected chi connectivity index (χ0v) is 12.9. The number of alkyl halides is 3. The van der Waals surface area contributed by atoms with Crippen LogP contribution in [0.4, 0.5) is 13.2 Å². The molecule has 8 heteroatoms. The molecule has 0 atom stereocenters. The van der Waals surface area contributed by atoms with Crippen molar-refractivity contribution in [3.8, 4) is 5.75 Å². The summed E-state index contributed by atoms with van der Waals surface area (Å²) in [6.45, 7) is 0.304. The Hall–Kier alpha value is -2.25. The monoisotopic (exact) mass is 345 g/mol. The standard InChI is InChI=1S/C16H18F3NO4/c17-16(18,19)12-3-1-2-4-13(12)24-10-14(21)20-7-5-11(6-8-20)9-15(22)23/h1-4,11H,5-10H2,(H,22,23). The predicted molar refractivity (Wildman–Crippen MR) is 78.5 cm³/mol. The molecule has 1 heterocycles. The maximum atomic E-state index is 12.9. The number of carboxylic acids is 1. The highest BCUT2D eigenvalue weighted by Gasteiger charge is 2.34. The average Bonchev–Trinajstić information content (AvgIpc) is 2.52. The molecule has 1 amide bonds. The summed E-state index contributed by atoms with van der Waals surface area (Å²) >= 11 is 0. The van der Waals surface area contributed by atoms with E-state index in [2.05, 4.69) is 0 Å². The summed E-state index contributed by atoms with van der Waals surface area (Å²) in [5, 5.41) is 8.75. The molecule has 24 heavy (non-hydrogen) atoms. The topological polar surface area (TPSA) is 66.8 Å². The van der Waals surface area contributed by atoms with Gasteiger partial charge in [0.15, 0.2) is 6.61 Å². The number of hydrogen-bond donors (Lipinski definition) is 1. The number of rotatable bonds is 5. The summed E-state index contributed by atoms with van der Waals surface area (Å²) in [5.41, 5.74) is -0.919. The van der Waals surface area contributed by atoms with Crippen molar-refractivity contribution in [2.75, 3.05) is 19.7 Å². The summed E-state index contributed by atoms with van der Waals surface area (Å²) in [6.07, 6.45) is -3.35. The highest BCUT2D eigenvalue weighted by molar-refractivity contribution is 5.78. The van der Waals surface area contributed by atoms with Crippen molar-refractivity contribution in [3.63, 3.8) is 0 Å². The molecular weight excluding hydrogens is 327 g/mol. The van der Waals surface area contributed by atoms with E-state index in [1.54, 1.807) is 0 Å². The lowest BCUT2D eigenvalue weighted by Gasteiger charge is -2.31. The highest BCUT2D eigenvalue weighted by Crippen LogP contribution is 2.35. The molecule has 1 N–H and O–H groups in total. The van der Waals surface area contributed by atoms with Gasteiger partial charge in [-0.2, -0.15) is 13.2 Å². The first kappa shape index (κ1) is 18.1. The molecule has 5 nitrogen and oxygen atoms in total. The van der Waals surface area contributed by atoms with Gasteiger partial charge in [0.05, 0.1) is 5.56 Å². The van der Waals surface area contributed by atoms with Crippen LogP contribution >= 0.6 is 0 Å². The zero-order chi connectivity index (χ0) is 17.7. The third kappa shape index (κ3) is 4.87. The van der Waals surface area contributed by atoms with Gasteiger partial charge in [0.25, 0.3) is 5.91 Å². The smallest absolute Gasteiger partial charge is 0.419 e. The Bertz CT molecular complexity index is 595. The molecule has 0 aromatic heterocycles. The maximum Gasteiger partial charge on any atom is 0.419 e. The number of hydrogen-bond acceptors (Lipinski definition) is 3. The van der Waals surface area contributed by atoms with Gasteiger partial charge < -0.3 is 14.7 Å². The summed E-state index contributed by atoms with van der Waals surface area (Å²) < 4.78 is 43.6. The van der Waals surface area contributed by atoms with Crippen molar-refractivity contribution in [2.24, 2.45) is 5.92 Å². The number of piperidine rings is 1. The van der Waals surface area contributed by atoms with E-state index in [1.165, 1.54) is 23.1 Å². The molecule has 0 saturated carbocycles. The van der Waals surface area contributed by atoms with Crippen LogP contribution in [0, 0.1) is 5.92 Å². The van der Waals surface area contributed by atoms with Crippen molar-refractivity contribution >= 4 is 11.9 Å². The largest absolute Gasteiger partial charge is 0.483 e. The number of ether oxygens (including phenoxy) is 1. The van der Waals surface area contributed by atoms with E-state index in [-0.39, 0.29) is 18.1 Å². The second-order valence-electron chi connectivity index (χ2n) is 5.70. The van der Waals surface area contributed by atoms with Crippen molar-refractivity contribution in [3.05, 3.63) is 29.8 Å². The molecule has 0 aliphatic carbocycles. The molecular formula is C16H18F3NO4. The van der Waals surface area contributed by atoms with Gasteiger partial charge >= 0.3 is 12.1 Å². The van der Waals surface area contributed by atoms with E-state index in [0.717, 1.165) is 6.07 Å². The predicted octanol–water partition coefficient (Wildman–Crippen LogP) is 2.80. The Morgan fingerprint density at radius 2 is 1.83 bits per heavy atom. The number of carbonyl (C=O) groups excluding carboxylic acids is 1. The maximum absolute atomic E-state index is 12.9. The molecule has 0 spiro atoms. The summed E-state index contributed by atoms with van der Waals surface area (Å²) in [6, 6.07) is 4.74. The molecule has 1 saturated heterocycles. The summed E-state index contributed by atoms with van der Waals surface area (Å²) in [7, 11) is 0. The Balaban J connectivity index is 1.88. The number of likely N-dealkylation sites (tertiary alicyclic amines) is 1. The van der Waals surface area contributed by atoms with Gasteiger partial charge in [-0.25, -0.2) is 0 Å². The minimum Gasteiger partial charge on any atom is -0.483 e. The van der Waals surface area contributed by atoms with Gasteiger partial charge in [-0.05, 0) is 30.9 Å². The van der Waals surface area contributed by atoms with Crippen molar-refractivity contribution < 1.29 is 32.6 Å². The fourth-order valence-electron chi connectivity index (χ4n) is 2.69. The van der Waals surface area contributed by atoms with Crippen LogP contribution in [0.3, 0.4) is 0 Å². The minimum absolute atomic E-state index is 0.0263. The van der Waals surface area contributed by atoms with Crippen molar-refractivity contribution in [1.82, 2.24) is 4.90 Å². The lowest BCUT2D eigenvalue weighted by molar-refractivity contribution is -0.142. The van der Waals surface area contributed by atoms with E-state index in [4.69, 9.17) is 9.84 Å². The summed E-state index contributed by atoms with van der Waals surface area (Å²) in [4.78, 5) is 24.2. The quantitative estimate of drug-likeness (QED) is 0.891. The van der Waals surface area contributed by atoms with Crippen LogP contribution in [-0.2, 0) is 15.8 Å². The molecule has 1 fully saturated rings. The van der Waals surface area contributed by atoms with Crippen LogP contribution in [0.5, 0.6) is 5.75 Å². The minimum atomic E-state index is -4.55. The zero-order valence-electron chi connectivity index (χ0n) is 12.9. The number of carbonyl (C=O) groups is 2. The first-order chi connectivity index (χ1) is 11.3. The number of aliphatic carboxylic acids is 1. The number of para-hydroxylation sites is 1. The Labute approximate surface area is 137 Å². The van der Waals surface area contributed by atoms with E-state index >= 15 is 0 Å².